The van der Waals surface area contributed by atoms with Crippen LogP contribution in [-0.2, 0) is 19.4 Å². The fourth-order valence-corrected chi connectivity index (χ4v) is 2.17. The maximum Gasteiger partial charge on any atom is 0.323 e. The Balaban J connectivity index is 2.98. The van der Waals surface area contributed by atoms with Crippen molar-refractivity contribution in [2.24, 2.45) is 0 Å². The summed E-state index contributed by atoms with van der Waals surface area (Å²) in [4.78, 5) is 23.7. The SMILES string of the molecule is CCS(=O)(=O)CC(=O)N(CC(=O)O)c1ccccc1. The van der Waals surface area contributed by atoms with Gasteiger partial charge in [-0.05, 0) is 12.1 Å². The third-order valence-corrected chi connectivity index (χ3v) is 4.01. The first-order valence-corrected chi connectivity index (χ1v) is 7.45. The number of carbonyl (C=O) groups is 2. The molecule has 0 unspecified atom stereocenters. The smallest absolute Gasteiger partial charge is 0.323 e. The van der Waals surface area contributed by atoms with Gasteiger partial charge in [-0.25, -0.2) is 8.42 Å². The van der Waals surface area contributed by atoms with E-state index in [-0.39, 0.29) is 5.75 Å². The minimum absolute atomic E-state index is 0.158. The Bertz CT molecular complexity index is 553. The van der Waals surface area contributed by atoms with Crippen LogP contribution in [0, 0.1) is 0 Å². The third kappa shape index (κ3) is 4.70. The van der Waals surface area contributed by atoms with E-state index in [0.29, 0.717) is 5.69 Å². The minimum Gasteiger partial charge on any atom is -0.480 e. The summed E-state index contributed by atoms with van der Waals surface area (Å²) in [7, 11) is -3.49. The molecule has 0 aromatic heterocycles. The number of carbonyl (C=O) groups excluding carboxylic acids is 1. The number of amides is 1. The van der Waals surface area contributed by atoms with Gasteiger partial charge in [0.1, 0.15) is 12.3 Å². The van der Waals surface area contributed by atoms with E-state index >= 15 is 0 Å². The quantitative estimate of drug-likeness (QED) is 0.823. The van der Waals surface area contributed by atoms with Crippen LogP contribution in [0.2, 0.25) is 0 Å². The van der Waals surface area contributed by atoms with Gasteiger partial charge in [0.25, 0.3) is 0 Å². The number of rotatable bonds is 6. The van der Waals surface area contributed by atoms with Crippen LogP contribution < -0.4 is 4.90 Å². The molecule has 0 atom stereocenters. The van der Waals surface area contributed by atoms with E-state index in [4.69, 9.17) is 5.11 Å². The molecule has 19 heavy (non-hydrogen) atoms. The zero-order chi connectivity index (χ0) is 14.5. The van der Waals surface area contributed by atoms with Gasteiger partial charge in [0, 0.05) is 11.4 Å². The van der Waals surface area contributed by atoms with Gasteiger partial charge in [-0.1, -0.05) is 25.1 Å². The van der Waals surface area contributed by atoms with Gasteiger partial charge in [-0.3, -0.25) is 9.59 Å². The number of hydrogen-bond acceptors (Lipinski definition) is 4. The van der Waals surface area contributed by atoms with Crippen molar-refractivity contribution in [3.8, 4) is 0 Å². The molecular formula is C12H15NO5S. The van der Waals surface area contributed by atoms with Gasteiger partial charge < -0.3 is 10.0 Å². The second kappa shape index (κ2) is 6.33. The molecule has 1 N–H and O–H groups in total. The van der Waals surface area contributed by atoms with Crippen LogP contribution in [0.4, 0.5) is 5.69 Å². The zero-order valence-electron chi connectivity index (χ0n) is 10.4. The number of aliphatic carboxylic acids is 1. The van der Waals surface area contributed by atoms with E-state index in [9.17, 15) is 18.0 Å². The lowest BCUT2D eigenvalue weighted by molar-refractivity contribution is -0.136. The highest BCUT2D eigenvalue weighted by atomic mass is 32.2. The van der Waals surface area contributed by atoms with Crippen molar-refractivity contribution in [1.29, 1.82) is 0 Å². The number of nitrogens with zero attached hydrogens (tertiary/aromatic N) is 1. The number of carboxylic acid groups (broad SMARTS) is 1. The molecule has 0 bridgehead atoms. The summed E-state index contributed by atoms with van der Waals surface area (Å²) in [6, 6.07) is 8.12. The van der Waals surface area contributed by atoms with Gasteiger partial charge in [0.15, 0.2) is 9.84 Å². The molecular weight excluding hydrogens is 270 g/mol. The van der Waals surface area contributed by atoms with E-state index in [1.54, 1.807) is 30.3 Å². The summed E-state index contributed by atoms with van der Waals surface area (Å²) >= 11 is 0. The molecule has 0 aliphatic rings. The number of benzene rings is 1. The molecule has 0 saturated carbocycles. The molecule has 0 saturated heterocycles. The highest BCUT2D eigenvalue weighted by molar-refractivity contribution is 7.92. The van der Waals surface area contributed by atoms with Gasteiger partial charge in [0.05, 0.1) is 0 Å². The van der Waals surface area contributed by atoms with E-state index in [0.717, 1.165) is 4.90 Å². The topological polar surface area (TPSA) is 91.8 Å². The lowest BCUT2D eigenvalue weighted by Crippen LogP contribution is -2.39. The number of para-hydroxylation sites is 1. The van der Waals surface area contributed by atoms with Crippen molar-refractivity contribution in [2.75, 3.05) is 23.0 Å². The first-order valence-electron chi connectivity index (χ1n) is 5.63. The molecule has 1 amide bonds. The van der Waals surface area contributed by atoms with Crippen LogP contribution in [0.5, 0.6) is 0 Å². The molecule has 6 nitrogen and oxygen atoms in total. The van der Waals surface area contributed by atoms with Crippen molar-refractivity contribution in [2.45, 2.75) is 6.92 Å². The molecule has 0 aliphatic carbocycles. The molecule has 0 fully saturated rings. The minimum atomic E-state index is -3.49. The van der Waals surface area contributed by atoms with Crippen molar-refractivity contribution < 1.29 is 23.1 Å². The van der Waals surface area contributed by atoms with E-state index in [1.165, 1.54) is 6.92 Å². The predicted octanol–water partition coefficient (Wildman–Crippen LogP) is 0.539. The lowest BCUT2D eigenvalue weighted by atomic mass is 10.3. The summed E-state index contributed by atoms with van der Waals surface area (Å²) in [6.45, 7) is 0.870. The van der Waals surface area contributed by atoms with Gasteiger partial charge >= 0.3 is 5.97 Å². The van der Waals surface area contributed by atoms with E-state index in [2.05, 4.69) is 0 Å². The van der Waals surface area contributed by atoms with Crippen LogP contribution >= 0.6 is 0 Å². The zero-order valence-corrected chi connectivity index (χ0v) is 11.3. The molecule has 0 radical (unpaired) electrons. The van der Waals surface area contributed by atoms with Crippen LogP contribution in [0.1, 0.15) is 6.92 Å². The van der Waals surface area contributed by atoms with Crippen LogP contribution in [0.25, 0.3) is 0 Å². The maximum absolute atomic E-state index is 11.9. The summed E-state index contributed by atoms with van der Waals surface area (Å²) in [5.74, 6) is -2.79. The molecule has 1 rings (SSSR count). The Labute approximate surface area is 111 Å². The van der Waals surface area contributed by atoms with Crippen LogP contribution in [0.15, 0.2) is 30.3 Å². The highest BCUT2D eigenvalue weighted by Gasteiger charge is 2.23. The van der Waals surface area contributed by atoms with Crippen molar-refractivity contribution >= 4 is 27.4 Å². The lowest BCUT2D eigenvalue weighted by Gasteiger charge is -2.20. The largest absolute Gasteiger partial charge is 0.480 e. The average molecular weight is 285 g/mol. The molecule has 0 spiro atoms. The first kappa shape index (κ1) is 15.2. The molecule has 1 aromatic rings. The van der Waals surface area contributed by atoms with Gasteiger partial charge in [0.2, 0.25) is 5.91 Å². The number of anilines is 1. The number of sulfone groups is 1. The molecule has 0 heterocycles. The monoisotopic (exact) mass is 285 g/mol. The average Bonchev–Trinajstić information content (AvgIpc) is 2.36. The molecule has 1 aromatic carbocycles. The Morgan fingerprint density at radius 3 is 2.26 bits per heavy atom. The van der Waals surface area contributed by atoms with Crippen LogP contribution in [0.3, 0.4) is 0 Å². The Kier molecular flexibility index (Phi) is 5.05. The number of hydrogen-bond donors (Lipinski definition) is 1. The van der Waals surface area contributed by atoms with Crippen molar-refractivity contribution in [3.63, 3.8) is 0 Å². The van der Waals surface area contributed by atoms with E-state index < -0.39 is 34.0 Å². The van der Waals surface area contributed by atoms with Crippen molar-refractivity contribution in [1.82, 2.24) is 0 Å². The normalized spacial score (nSPS) is 11.0. The summed E-state index contributed by atoms with van der Waals surface area (Å²) in [6.07, 6.45) is 0. The third-order valence-electron chi connectivity index (χ3n) is 2.45. The standard InChI is InChI=1S/C12H15NO5S/c1-2-19(17,18)9-11(14)13(8-12(15)16)10-6-4-3-5-7-10/h3-7H,2,8-9H2,1H3,(H,15,16). The number of carboxylic acids is 1. The second-order valence-corrected chi connectivity index (χ2v) is 6.24. The fraction of sp³-hybridized carbons (Fsp3) is 0.333. The highest BCUT2D eigenvalue weighted by Crippen LogP contribution is 2.14. The molecule has 104 valence electrons. The molecule has 7 heteroatoms. The Morgan fingerprint density at radius 1 is 1.21 bits per heavy atom. The molecule has 0 aliphatic heterocycles. The summed E-state index contributed by atoms with van der Waals surface area (Å²) < 4.78 is 22.9. The van der Waals surface area contributed by atoms with Crippen molar-refractivity contribution in [3.05, 3.63) is 30.3 Å². The predicted molar refractivity (Wildman–Crippen MR) is 70.8 cm³/mol. The fourth-order valence-electron chi connectivity index (χ4n) is 1.43. The van der Waals surface area contributed by atoms with E-state index in [1.807, 2.05) is 0 Å². The van der Waals surface area contributed by atoms with Gasteiger partial charge in [-0.2, -0.15) is 0 Å². The maximum atomic E-state index is 11.9. The Morgan fingerprint density at radius 2 is 1.79 bits per heavy atom. The summed E-state index contributed by atoms with van der Waals surface area (Å²) in [5, 5.41) is 8.81. The Hall–Kier alpha value is -1.89. The summed E-state index contributed by atoms with van der Waals surface area (Å²) in [5.41, 5.74) is 0.362. The van der Waals surface area contributed by atoms with Gasteiger partial charge in [-0.15, -0.1) is 0 Å². The first-order chi connectivity index (χ1) is 8.85. The second-order valence-electron chi connectivity index (χ2n) is 3.89. The van der Waals surface area contributed by atoms with Crippen LogP contribution in [-0.4, -0.2) is 43.5 Å².